The van der Waals surface area contributed by atoms with Crippen molar-refractivity contribution >= 4 is 27.4 Å². The van der Waals surface area contributed by atoms with Gasteiger partial charge in [0, 0.05) is 52.7 Å². The number of anilines is 1. The van der Waals surface area contributed by atoms with Crippen molar-refractivity contribution in [2.45, 2.75) is 19.4 Å². The van der Waals surface area contributed by atoms with Crippen LogP contribution in [-0.4, -0.2) is 39.6 Å². The average molecular weight is 483 g/mol. The molecule has 5 aromatic rings. The third-order valence-electron chi connectivity index (χ3n) is 5.75. The molecule has 0 aliphatic heterocycles. The molecule has 0 saturated heterocycles. The molecule has 8 heteroatoms. The first-order chi connectivity index (χ1) is 17.1. The molecule has 0 fully saturated rings. The number of aromatic nitrogens is 4. The van der Waals surface area contributed by atoms with Crippen molar-refractivity contribution < 1.29 is 4.74 Å². The number of fused-ring (bicyclic) bond motifs is 1. The monoisotopic (exact) mass is 482 g/mol. The SMILES string of the molecule is COc1ncccc1-c1c(C)sc2c(NC[C@@H](N)Cc3ccccc3)nc(-c3ccncc3)nc12. The Kier molecular flexibility index (Phi) is 6.65. The lowest BCUT2D eigenvalue weighted by molar-refractivity contribution is 0.399. The third-order valence-corrected chi connectivity index (χ3v) is 6.86. The molecule has 0 radical (unpaired) electrons. The second-order valence-corrected chi connectivity index (χ2v) is 9.46. The van der Waals surface area contributed by atoms with Crippen LogP contribution in [0.4, 0.5) is 5.82 Å². The standard InChI is InChI=1S/C27H26N6OS/c1-17-22(21-9-6-12-30-27(21)34-2)23-24(35-17)26(33-25(32-23)19-10-13-29-14-11-19)31-16-20(28)15-18-7-4-3-5-8-18/h3-14,20H,15-16,28H2,1-2H3,(H,31,32,33)/t20-/m0/s1. The van der Waals surface area contributed by atoms with Crippen LogP contribution >= 0.6 is 11.3 Å². The molecule has 35 heavy (non-hydrogen) atoms. The zero-order chi connectivity index (χ0) is 24.2. The molecule has 4 heterocycles. The van der Waals surface area contributed by atoms with Crippen molar-refractivity contribution in [3.8, 4) is 28.4 Å². The van der Waals surface area contributed by atoms with E-state index >= 15 is 0 Å². The van der Waals surface area contributed by atoms with E-state index in [2.05, 4.69) is 34.3 Å². The van der Waals surface area contributed by atoms with Gasteiger partial charge < -0.3 is 15.8 Å². The molecule has 0 saturated carbocycles. The highest BCUT2D eigenvalue weighted by molar-refractivity contribution is 7.20. The Hall–Kier alpha value is -3.88. The average Bonchev–Trinajstić information content (AvgIpc) is 3.23. The highest BCUT2D eigenvalue weighted by Crippen LogP contribution is 2.43. The number of nitrogens with two attached hydrogens (primary N) is 1. The second-order valence-electron chi connectivity index (χ2n) is 8.23. The molecule has 0 bridgehead atoms. The van der Waals surface area contributed by atoms with E-state index in [9.17, 15) is 0 Å². The van der Waals surface area contributed by atoms with Gasteiger partial charge in [-0.15, -0.1) is 11.3 Å². The van der Waals surface area contributed by atoms with Gasteiger partial charge in [0.05, 0.1) is 17.3 Å². The predicted octanol–water partition coefficient (Wildman–Crippen LogP) is 5.11. The number of ether oxygens (including phenoxy) is 1. The summed E-state index contributed by atoms with van der Waals surface area (Å²) in [5.74, 6) is 1.97. The quantitative estimate of drug-likeness (QED) is 0.317. The normalized spacial score (nSPS) is 12.0. The number of hydrogen-bond donors (Lipinski definition) is 2. The molecule has 0 amide bonds. The van der Waals surface area contributed by atoms with E-state index in [4.69, 9.17) is 20.4 Å². The smallest absolute Gasteiger partial charge is 0.221 e. The maximum Gasteiger partial charge on any atom is 0.221 e. The first-order valence-electron chi connectivity index (χ1n) is 11.4. The molecule has 1 atom stereocenters. The van der Waals surface area contributed by atoms with Gasteiger partial charge in [-0.25, -0.2) is 15.0 Å². The minimum absolute atomic E-state index is 0.0641. The minimum atomic E-state index is -0.0641. The number of pyridine rings is 2. The summed E-state index contributed by atoms with van der Waals surface area (Å²) in [6, 6.07) is 18.0. The molecule has 0 unspecified atom stereocenters. The van der Waals surface area contributed by atoms with Crippen molar-refractivity contribution in [2.75, 3.05) is 19.0 Å². The summed E-state index contributed by atoms with van der Waals surface area (Å²) in [5, 5.41) is 3.51. The third kappa shape index (κ3) is 4.84. The number of thiophene rings is 1. The summed E-state index contributed by atoms with van der Waals surface area (Å²) < 4.78 is 6.54. The van der Waals surface area contributed by atoms with Crippen LogP contribution in [0.25, 0.3) is 32.7 Å². The van der Waals surface area contributed by atoms with Gasteiger partial charge in [0.15, 0.2) is 5.82 Å². The van der Waals surface area contributed by atoms with Gasteiger partial charge in [-0.05, 0) is 43.2 Å². The molecule has 0 aliphatic rings. The Labute approximate surface area is 208 Å². The highest BCUT2D eigenvalue weighted by atomic mass is 32.1. The maximum absolute atomic E-state index is 6.48. The van der Waals surface area contributed by atoms with Crippen molar-refractivity contribution in [1.82, 2.24) is 19.9 Å². The number of aryl methyl sites for hydroxylation is 1. The summed E-state index contributed by atoms with van der Waals surface area (Å²) in [6.07, 6.45) is 6.00. The van der Waals surface area contributed by atoms with Gasteiger partial charge >= 0.3 is 0 Å². The lowest BCUT2D eigenvalue weighted by Crippen LogP contribution is -2.31. The summed E-state index contributed by atoms with van der Waals surface area (Å²) >= 11 is 1.65. The number of rotatable bonds is 8. The molecule has 0 aliphatic carbocycles. The van der Waals surface area contributed by atoms with Crippen LogP contribution < -0.4 is 15.8 Å². The zero-order valence-corrected chi connectivity index (χ0v) is 20.4. The molecule has 7 nitrogen and oxygen atoms in total. The summed E-state index contributed by atoms with van der Waals surface area (Å²) in [5.41, 5.74) is 11.4. The Morgan fingerprint density at radius 3 is 2.57 bits per heavy atom. The molecule has 176 valence electrons. The molecule has 0 spiro atoms. The molecule has 3 N–H and O–H groups in total. The van der Waals surface area contributed by atoms with Gasteiger partial charge in [-0.1, -0.05) is 30.3 Å². The number of nitrogens with zero attached hydrogens (tertiary/aromatic N) is 4. The van der Waals surface area contributed by atoms with Gasteiger partial charge in [-0.2, -0.15) is 0 Å². The van der Waals surface area contributed by atoms with Crippen molar-refractivity contribution in [1.29, 1.82) is 0 Å². The van der Waals surface area contributed by atoms with E-state index in [0.29, 0.717) is 18.2 Å². The van der Waals surface area contributed by atoms with E-state index in [-0.39, 0.29) is 6.04 Å². The van der Waals surface area contributed by atoms with Crippen LogP contribution in [0.2, 0.25) is 0 Å². The molecular weight excluding hydrogens is 456 g/mol. The highest BCUT2D eigenvalue weighted by Gasteiger charge is 2.21. The van der Waals surface area contributed by atoms with Crippen LogP contribution in [0.5, 0.6) is 5.88 Å². The molecule has 4 aromatic heterocycles. The minimum Gasteiger partial charge on any atom is -0.481 e. The van der Waals surface area contributed by atoms with E-state index in [0.717, 1.165) is 44.0 Å². The lowest BCUT2D eigenvalue weighted by Gasteiger charge is -2.15. The predicted molar refractivity (Wildman–Crippen MR) is 142 cm³/mol. The molecule has 5 rings (SSSR count). The van der Waals surface area contributed by atoms with Gasteiger partial charge in [0.25, 0.3) is 0 Å². The molecule has 1 aromatic carbocycles. The van der Waals surface area contributed by atoms with Crippen LogP contribution in [0.3, 0.4) is 0 Å². The fraction of sp³-hybridized carbons (Fsp3) is 0.185. The maximum atomic E-state index is 6.48. The number of methoxy groups -OCH3 is 1. The Morgan fingerprint density at radius 1 is 1.00 bits per heavy atom. The number of nitrogens with one attached hydrogen (secondary N) is 1. The fourth-order valence-electron chi connectivity index (χ4n) is 4.12. The first-order valence-corrected chi connectivity index (χ1v) is 12.2. The Balaban J connectivity index is 1.57. The molecular formula is C27H26N6OS. The summed E-state index contributed by atoms with van der Waals surface area (Å²) in [4.78, 5) is 19.5. The number of hydrogen-bond acceptors (Lipinski definition) is 8. The zero-order valence-electron chi connectivity index (χ0n) is 19.6. The van der Waals surface area contributed by atoms with Crippen molar-refractivity contribution in [3.63, 3.8) is 0 Å². The topological polar surface area (TPSA) is 98.8 Å². The van der Waals surface area contributed by atoms with Crippen molar-refractivity contribution in [3.05, 3.63) is 83.6 Å². The van der Waals surface area contributed by atoms with E-state index < -0.39 is 0 Å². The van der Waals surface area contributed by atoms with Crippen LogP contribution in [0, 0.1) is 6.92 Å². The van der Waals surface area contributed by atoms with Crippen LogP contribution in [0.15, 0.2) is 73.2 Å². The Morgan fingerprint density at radius 2 is 1.80 bits per heavy atom. The van der Waals surface area contributed by atoms with Crippen LogP contribution in [0.1, 0.15) is 10.4 Å². The van der Waals surface area contributed by atoms with Gasteiger partial charge in [-0.3, -0.25) is 4.98 Å². The van der Waals surface area contributed by atoms with E-state index in [1.54, 1.807) is 37.0 Å². The Bertz CT molecular complexity index is 1440. The van der Waals surface area contributed by atoms with E-state index in [1.165, 1.54) is 5.56 Å². The lowest BCUT2D eigenvalue weighted by atomic mass is 10.1. The van der Waals surface area contributed by atoms with Gasteiger partial charge in [0.2, 0.25) is 5.88 Å². The summed E-state index contributed by atoms with van der Waals surface area (Å²) in [7, 11) is 1.63. The second kappa shape index (κ2) is 10.2. The number of benzene rings is 1. The van der Waals surface area contributed by atoms with Gasteiger partial charge in [0.1, 0.15) is 5.82 Å². The van der Waals surface area contributed by atoms with E-state index in [1.807, 2.05) is 42.5 Å². The first kappa shape index (κ1) is 22.9. The van der Waals surface area contributed by atoms with Crippen molar-refractivity contribution in [2.24, 2.45) is 5.73 Å². The summed E-state index contributed by atoms with van der Waals surface area (Å²) in [6.45, 7) is 2.67. The fourth-order valence-corrected chi connectivity index (χ4v) is 5.19. The largest absolute Gasteiger partial charge is 0.481 e. The van der Waals surface area contributed by atoms with Crippen LogP contribution in [-0.2, 0) is 6.42 Å².